The molecular formula is C21H23AsN4O2. The van der Waals surface area contributed by atoms with E-state index in [0.29, 0.717) is 6.61 Å². The van der Waals surface area contributed by atoms with Crippen molar-refractivity contribution in [3.63, 3.8) is 0 Å². The number of fused-ring (bicyclic) bond motifs is 3. The van der Waals surface area contributed by atoms with Crippen molar-refractivity contribution in [1.82, 2.24) is 10.7 Å². The van der Waals surface area contributed by atoms with Crippen molar-refractivity contribution >= 4 is 37.5 Å². The number of nitrogens with zero attached hydrogens (tertiary/aromatic N) is 2. The first-order chi connectivity index (χ1) is 13.6. The zero-order chi connectivity index (χ0) is 19.3. The van der Waals surface area contributed by atoms with E-state index in [4.69, 9.17) is 4.74 Å². The van der Waals surface area contributed by atoms with Crippen LogP contribution in [0.15, 0.2) is 41.5 Å². The maximum atomic E-state index is 12.2. The molecular weight excluding hydrogens is 415 g/mol. The second-order valence-electron chi connectivity index (χ2n) is 7.57. The van der Waals surface area contributed by atoms with Crippen LogP contribution in [0.1, 0.15) is 12.5 Å². The predicted octanol–water partition coefficient (Wildman–Crippen LogP) is 1.15. The van der Waals surface area contributed by atoms with Crippen molar-refractivity contribution in [2.45, 2.75) is 24.6 Å². The van der Waals surface area contributed by atoms with Crippen molar-refractivity contribution < 1.29 is 9.53 Å². The summed E-state index contributed by atoms with van der Waals surface area (Å²) in [5.41, 5.74) is 7.32. The van der Waals surface area contributed by atoms with Crippen LogP contribution < -0.4 is 24.7 Å². The zero-order valence-electron chi connectivity index (χ0n) is 16.0. The standard InChI is InChI=1S/C21H23AsN4O2/c1-12-4-3-5-14(6-12)16-7-19-18(8-17(16)22-15-9-23-10-15)26-13(2)21(27)25-24-20(26)11-28-19/h3-8,13,15,22-23H,9-11H2,1-2H3,(H,25,27). The Hall–Kier alpha value is -2.30. The third-order valence-electron chi connectivity index (χ3n) is 5.53. The fourth-order valence-electron chi connectivity index (χ4n) is 3.85. The number of amides is 1. The van der Waals surface area contributed by atoms with E-state index in [1.54, 1.807) is 0 Å². The summed E-state index contributed by atoms with van der Waals surface area (Å²) < 4.78 is 8.23. The quantitative estimate of drug-likeness (QED) is 0.706. The number of hydrogen-bond donors (Lipinski definition) is 2. The summed E-state index contributed by atoms with van der Waals surface area (Å²) >= 11 is -0.319. The number of nitrogens with one attached hydrogen (secondary N) is 2. The molecule has 1 amide bonds. The third kappa shape index (κ3) is 3.01. The van der Waals surface area contributed by atoms with Gasteiger partial charge in [0.15, 0.2) is 0 Å². The van der Waals surface area contributed by atoms with Crippen molar-refractivity contribution in [3.05, 3.63) is 42.0 Å². The van der Waals surface area contributed by atoms with Gasteiger partial charge in [-0.3, -0.25) is 0 Å². The van der Waals surface area contributed by atoms with Gasteiger partial charge in [0.2, 0.25) is 0 Å². The topological polar surface area (TPSA) is 66.0 Å². The minimum atomic E-state index is -0.319. The molecule has 0 aliphatic carbocycles. The maximum absolute atomic E-state index is 12.2. The Labute approximate surface area is 171 Å². The average molecular weight is 438 g/mol. The second-order valence-corrected chi connectivity index (χ2v) is 11.0. The van der Waals surface area contributed by atoms with E-state index >= 15 is 0 Å². The van der Waals surface area contributed by atoms with Gasteiger partial charge in [0.25, 0.3) is 0 Å². The summed E-state index contributed by atoms with van der Waals surface area (Å²) in [6.07, 6.45) is 0. The summed E-state index contributed by atoms with van der Waals surface area (Å²) in [5, 5.41) is 7.60. The molecule has 3 aliphatic heterocycles. The van der Waals surface area contributed by atoms with Crippen LogP contribution in [0.3, 0.4) is 0 Å². The average Bonchev–Trinajstić information content (AvgIpc) is 2.66. The van der Waals surface area contributed by atoms with Gasteiger partial charge in [-0.05, 0) is 0 Å². The normalized spacial score (nSPS) is 21.5. The number of carbonyl (C=O) groups excluding carboxylic acids is 1. The first-order valence-corrected chi connectivity index (χ1v) is 11.9. The van der Waals surface area contributed by atoms with Crippen LogP contribution in [0, 0.1) is 6.92 Å². The van der Waals surface area contributed by atoms with E-state index in [1.807, 2.05) is 11.8 Å². The van der Waals surface area contributed by atoms with Crippen LogP contribution in [0.2, 0.25) is 4.71 Å². The molecule has 28 heavy (non-hydrogen) atoms. The second kappa shape index (κ2) is 6.94. The van der Waals surface area contributed by atoms with Crippen LogP contribution in [0.25, 0.3) is 11.1 Å². The number of benzene rings is 2. The molecule has 1 fully saturated rings. The predicted molar refractivity (Wildman–Crippen MR) is 113 cm³/mol. The summed E-state index contributed by atoms with van der Waals surface area (Å²) in [6, 6.07) is 12.8. The first-order valence-electron chi connectivity index (χ1n) is 9.61. The molecule has 6 nitrogen and oxygen atoms in total. The van der Waals surface area contributed by atoms with Gasteiger partial charge in [-0.15, -0.1) is 0 Å². The van der Waals surface area contributed by atoms with E-state index < -0.39 is 0 Å². The van der Waals surface area contributed by atoms with Crippen molar-refractivity contribution in [2.75, 3.05) is 24.6 Å². The van der Waals surface area contributed by atoms with E-state index in [1.165, 1.54) is 21.0 Å². The zero-order valence-corrected chi connectivity index (χ0v) is 18.0. The van der Waals surface area contributed by atoms with Crippen LogP contribution >= 0.6 is 0 Å². The Morgan fingerprint density at radius 1 is 1.25 bits per heavy atom. The molecule has 3 aliphatic rings. The number of rotatable bonds is 3. The fraction of sp³-hybridized carbons (Fsp3) is 0.333. The molecule has 0 bridgehead atoms. The van der Waals surface area contributed by atoms with E-state index in [9.17, 15) is 4.79 Å². The molecule has 0 radical (unpaired) electrons. The Morgan fingerprint density at radius 2 is 2.11 bits per heavy atom. The van der Waals surface area contributed by atoms with Crippen molar-refractivity contribution in [1.29, 1.82) is 0 Å². The van der Waals surface area contributed by atoms with Gasteiger partial charge >= 0.3 is 171 Å². The molecule has 2 aromatic rings. The minimum absolute atomic E-state index is 0.0832. The molecule has 144 valence electrons. The van der Waals surface area contributed by atoms with Crippen LogP contribution in [0.4, 0.5) is 5.69 Å². The molecule has 2 aromatic carbocycles. The van der Waals surface area contributed by atoms with E-state index in [-0.39, 0.29) is 27.7 Å². The van der Waals surface area contributed by atoms with Gasteiger partial charge in [0.05, 0.1) is 0 Å². The number of hydrogen-bond acceptors (Lipinski definition) is 5. The van der Waals surface area contributed by atoms with Crippen molar-refractivity contribution in [2.24, 2.45) is 5.10 Å². The molecule has 0 aromatic heterocycles. The van der Waals surface area contributed by atoms with E-state index in [2.05, 4.69) is 59.2 Å². The summed E-state index contributed by atoms with van der Waals surface area (Å²) in [7, 11) is 0. The Morgan fingerprint density at radius 3 is 2.86 bits per heavy atom. The summed E-state index contributed by atoms with van der Waals surface area (Å²) in [6.45, 7) is 6.62. The van der Waals surface area contributed by atoms with Crippen LogP contribution in [0.5, 0.6) is 5.75 Å². The van der Waals surface area contributed by atoms with E-state index in [0.717, 1.165) is 35.1 Å². The summed E-state index contributed by atoms with van der Waals surface area (Å²) in [4.78, 5) is 14.2. The molecule has 1 saturated heterocycles. The Balaban J connectivity index is 1.64. The molecule has 5 rings (SSSR count). The third-order valence-corrected chi connectivity index (χ3v) is 8.76. The van der Waals surface area contributed by atoms with Gasteiger partial charge in [-0.1, -0.05) is 0 Å². The summed E-state index contributed by atoms with van der Waals surface area (Å²) in [5.74, 6) is 1.51. The molecule has 2 N–H and O–H groups in total. The number of anilines is 1. The monoisotopic (exact) mass is 438 g/mol. The SMILES string of the molecule is Cc1cccc(-c2cc3c(cc2[AsH]C2CNC2)N2C(=NNC(=O)C2C)CO3)c1. The Kier molecular flexibility index (Phi) is 4.41. The van der Waals surface area contributed by atoms with Gasteiger partial charge in [-0.25, -0.2) is 0 Å². The molecule has 2 unspecified atom stereocenters. The van der Waals surface area contributed by atoms with Crippen LogP contribution in [-0.4, -0.2) is 53.2 Å². The first kappa shape index (κ1) is 17.8. The Bertz CT molecular complexity index is 986. The molecule has 2 atom stereocenters. The van der Waals surface area contributed by atoms with Gasteiger partial charge in [0.1, 0.15) is 0 Å². The van der Waals surface area contributed by atoms with Crippen LogP contribution in [-0.2, 0) is 4.79 Å². The van der Waals surface area contributed by atoms with Gasteiger partial charge in [-0.2, -0.15) is 0 Å². The molecule has 0 saturated carbocycles. The number of ether oxygens (including phenoxy) is 1. The number of hydrazone groups is 1. The molecule has 7 heteroatoms. The van der Waals surface area contributed by atoms with Gasteiger partial charge < -0.3 is 0 Å². The number of aryl methyl sites for hydroxylation is 1. The fourth-order valence-corrected chi connectivity index (χ4v) is 7.05. The van der Waals surface area contributed by atoms with Crippen molar-refractivity contribution in [3.8, 4) is 16.9 Å². The molecule has 0 spiro atoms. The number of carbonyl (C=O) groups is 1. The number of amidine groups is 1. The molecule has 3 heterocycles. The van der Waals surface area contributed by atoms with Gasteiger partial charge in [0, 0.05) is 0 Å².